The van der Waals surface area contributed by atoms with Gasteiger partial charge in [0.1, 0.15) is 5.75 Å². The lowest BCUT2D eigenvalue weighted by Crippen LogP contribution is -2.65. The summed E-state index contributed by atoms with van der Waals surface area (Å²) in [5.74, 6) is -0.341. The van der Waals surface area contributed by atoms with E-state index in [4.69, 9.17) is 4.74 Å². The van der Waals surface area contributed by atoms with Crippen LogP contribution in [0.15, 0.2) is 54.7 Å². The first kappa shape index (κ1) is 23.3. The molecule has 32 heavy (non-hydrogen) atoms. The second-order valence-electron chi connectivity index (χ2n) is 8.95. The Morgan fingerprint density at radius 3 is 2.47 bits per heavy atom. The third kappa shape index (κ3) is 5.87. The number of carbonyl (C=O) groups excluding carboxylic acids is 2. The lowest BCUT2D eigenvalue weighted by molar-refractivity contribution is -0.134. The number of amides is 2. The summed E-state index contributed by atoms with van der Waals surface area (Å²) in [6, 6.07) is 14.1. The molecule has 5 N–H and O–H groups in total. The molecule has 2 amide bonds. The van der Waals surface area contributed by atoms with Crippen molar-refractivity contribution in [2.45, 2.75) is 52.1 Å². The van der Waals surface area contributed by atoms with Crippen molar-refractivity contribution in [2.75, 3.05) is 5.32 Å². The number of rotatable bonds is 7. The van der Waals surface area contributed by atoms with E-state index in [0.29, 0.717) is 17.0 Å². The first-order chi connectivity index (χ1) is 14.9. The van der Waals surface area contributed by atoms with E-state index in [9.17, 15) is 14.7 Å². The smallest absolute Gasteiger partial charge is 0.255 e. The molecule has 8 nitrogen and oxygen atoms in total. The first-order valence-corrected chi connectivity index (χ1v) is 10.4. The van der Waals surface area contributed by atoms with Crippen molar-refractivity contribution in [1.82, 2.24) is 15.6 Å². The molecule has 3 aromatic rings. The number of aromatic nitrogens is 1. The van der Waals surface area contributed by atoms with E-state index in [1.807, 2.05) is 51.2 Å². The molecule has 3 rings (SSSR count). The molecule has 0 radical (unpaired) electrons. The maximum atomic E-state index is 12.9. The minimum Gasteiger partial charge on any atom is -0.466 e. The van der Waals surface area contributed by atoms with Crippen LogP contribution in [-0.2, 0) is 4.79 Å². The van der Waals surface area contributed by atoms with Gasteiger partial charge in [-0.25, -0.2) is 0 Å². The highest BCUT2D eigenvalue weighted by molar-refractivity contribution is 6.08. The predicted octanol–water partition coefficient (Wildman–Crippen LogP) is 3.36. The number of anilines is 1. The lowest BCUT2D eigenvalue weighted by Gasteiger charge is -2.39. The number of benzene rings is 2. The Morgan fingerprint density at radius 2 is 1.78 bits per heavy atom. The number of H-pyrrole nitrogens is 1. The number of nitrogens with one attached hydrogen (secondary N) is 4. The molecule has 2 unspecified atom stereocenters. The third-order valence-corrected chi connectivity index (χ3v) is 4.67. The first-order valence-electron chi connectivity index (χ1n) is 10.4. The molecule has 0 bridgehead atoms. The fraction of sp³-hybridized carbons (Fsp3) is 0.333. The van der Waals surface area contributed by atoms with Gasteiger partial charge in [-0.15, -0.1) is 0 Å². The zero-order valence-corrected chi connectivity index (χ0v) is 18.9. The van der Waals surface area contributed by atoms with E-state index in [-0.39, 0.29) is 11.8 Å². The SMILES string of the molecule is CC(=O)NC(Oc1cccc(C(=O)Nc2cccc3[nH]ccc23)c1)C(C)(O)NC(C)(C)C. The quantitative estimate of drug-likeness (QED) is 0.363. The summed E-state index contributed by atoms with van der Waals surface area (Å²) in [5.41, 5.74) is -0.0309. The highest BCUT2D eigenvalue weighted by Crippen LogP contribution is 2.24. The molecule has 0 fully saturated rings. The van der Waals surface area contributed by atoms with Gasteiger partial charge in [-0.05, 0) is 64.1 Å². The fourth-order valence-electron chi connectivity index (χ4n) is 3.53. The molecule has 2 atom stereocenters. The van der Waals surface area contributed by atoms with Gasteiger partial charge in [0.2, 0.25) is 12.1 Å². The Labute approximate surface area is 187 Å². The Hall–Kier alpha value is -3.36. The number of carbonyl (C=O) groups is 2. The second-order valence-corrected chi connectivity index (χ2v) is 8.95. The van der Waals surface area contributed by atoms with Crippen LogP contribution in [0, 0.1) is 0 Å². The van der Waals surface area contributed by atoms with Crippen molar-refractivity contribution in [3.05, 3.63) is 60.3 Å². The number of aromatic amines is 1. The zero-order valence-electron chi connectivity index (χ0n) is 18.9. The maximum Gasteiger partial charge on any atom is 0.255 e. The van der Waals surface area contributed by atoms with Crippen LogP contribution in [0.1, 0.15) is 45.0 Å². The van der Waals surface area contributed by atoms with Gasteiger partial charge in [-0.2, -0.15) is 0 Å². The molecular formula is C24H30N4O4. The maximum absolute atomic E-state index is 12.9. The number of hydrogen-bond donors (Lipinski definition) is 5. The highest BCUT2D eigenvalue weighted by atomic mass is 16.5. The molecule has 0 spiro atoms. The van der Waals surface area contributed by atoms with Gasteiger partial charge < -0.3 is 25.5 Å². The standard InChI is InChI=1S/C24H30N4O4/c1-15(29)26-22(24(5,31)28-23(2,3)4)32-17-9-6-8-16(14-17)21(30)27-20-11-7-10-19-18(20)12-13-25-19/h6-14,22,25,28,31H,1-5H3,(H,26,29)(H,27,30). The summed E-state index contributed by atoms with van der Waals surface area (Å²) in [6.07, 6.45) is 0.722. The van der Waals surface area contributed by atoms with Gasteiger partial charge in [0.15, 0.2) is 5.72 Å². The van der Waals surface area contributed by atoms with Crippen molar-refractivity contribution in [2.24, 2.45) is 0 Å². The summed E-state index contributed by atoms with van der Waals surface area (Å²) in [5, 5.41) is 20.4. The molecule has 1 aromatic heterocycles. The highest BCUT2D eigenvalue weighted by Gasteiger charge is 2.37. The molecule has 0 saturated heterocycles. The molecule has 0 aliphatic carbocycles. The average Bonchev–Trinajstić information content (AvgIpc) is 3.15. The zero-order chi connectivity index (χ0) is 23.5. The van der Waals surface area contributed by atoms with Crippen LogP contribution in [0.25, 0.3) is 10.9 Å². The average molecular weight is 439 g/mol. The van der Waals surface area contributed by atoms with Gasteiger partial charge in [0.05, 0.1) is 5.69 Å². The number of fused-ring (bicyclic) bond motifs is 1. The van der Waals surface area contributed by atoms with E-state index in [1.54, 1.807) is 24.3 Å². The van der Waals surface area contributed by atoms with Crippen molar-refractivity contribution in [3.63, 3.8) is 0 Å². The molecule has 0 aliphatic heterocycles. The normalized spacial score (nSPS) is 14.4. The molecule has 2 aromatic carbocycles. The summed E-state index contributed by atoms with van der Waals surface area (Å²) in [6.45, 7) is 8.54. The monoisotopic (exact) mass is 438 g/mol. The Bertz CT molecular complexity index is 1110. The van der Waals surface area contributed by atoms with Crippen LogP contribution >= 0.6 is 0 Å². The van der Waals surface area contributed by atoms with E-state index in [0.717, 1.165) is 10.9 Å². The van der Waals surface area contributed by atoms with Gasteiger partial charge in [0.25, 0.3) is 5.91 Å². The van der Waals surface area contributed by atoms with Crippen LogP contribution in [0.5, 0.6) is 5.75 Å². The number of aliphatic hydroxyl groups is 1. The van der Waals surface area contributed by atoms with Crippen LogP contribution < -0.4 is 20.7 Å². The predicted molar refractivity (Wildman–Crippen MR) is 124 cm³/mol. The molecular weight excluding hydrogens is 408 g/mol. The number of hydrogen-bond acceptors (Lipinski definition) is 5. The molecule has 0 saturated carbocycles. The summed E-state index contributed by atoms with van der Waals surface area (Å²) < 4.78 is 5.91. The van der Waals surface area contributed by atoms with Gasteiger partial charge >= 0.3 is 0 Å². The van der Waals surface area contributed by atoms with Crippen LogP contribution in [0.3, 0.4) is 0 Å². The topological polar surface area (TPSA) is 115 Å². The van der Waals surface area contributed by atoms with Gasteiger partial charge in [-0.3, -0.25) is 14.9 Å². The third-order valence-electron chi connectivity index (χ3n) is 4.67. The molecule has 1 heterocycles. The van der Waals surface area contributed by atoms with Crippen molar-refractivity contribution >= 4 is 28.4 Å². The van der Waals surface area contributed by atoms with Crippen LogP contribution in [-0.4, -0.2) is 39.4 Å². The Balaban J connectivity index is 1.81. The van der Waals surface area contributed by atoms with Gasteiger partial charge in [0, 0.05) is 35.1 Å². The van der Waals surface area contributed by atoms with E-state index < -0.39 is 17.5 Å². The van der Waals surface area contributed by atoms with Gasteiger partial charge in [-0.1, -0.05) is 12.1 Å². The minimum atomic E-state index is -1.58. The van der Waals surface area contributed by atoms with E-state index >= 15 is 0 Å². The molecule has 8 heteroatoms. The fourth-order valence-corrected chi connectivity index (χ4v) is 3.53. The molecule has 170 valence electrons. The summed E-state index contributed by atoms with van der Waals surface area (Å²) in [7, 11) is 0. The lowest BCUT2D eigenvalue weighted by atomic mass is 10.0. The van der Waals surface area contributed by atoms with Crippen LogP contribution in [0.2, 0.25) is 0 Å². The largest absolute Gasteiger partial charge is 0.466 e. The van der Waals surface area contributed by atoms with E-state index in [1.165, 1.54) is 13.8 Å². The number of ether oxygens (including phenoxy) is 1. The molecule has 0 aliphatic rings. The Morgan fingerprint density at radius 1 is 1.06 bits per heavy atom. The Kier molecular flexibility index (Phi) is 6.57. The van der Waals surface area contributed by atoms with Crippen molar-refractivity contribution in [3.8, 4) is 5.75 Å². The second kappa shape index (κ2) is 9.02. The summed E-state index contributed by atoms with van der Waals surface area (Å²) >= 11 is 0. The van der Waals surface area contributed by atoms with Crippen molar-refractivity contribution < 1.29 is 19.4 Å². The van der Waals surface area contributed by atoms with E-state index in [2.05, 4.69) is 20.9 Å². The van der Waals surface area contributed by atoms with Crippen LogP contribution in [0.4, 0.5) is 5.69 Å². The van der Waals surface area contributed by atoms with Crippen molar-refractivity contribution in [1.29, 1.82) is 0 Å². The minimum absolute atomic E-state index is 0.306. The summed E-state index contributed by atoms with van der Waals surface area (Å²) in [4.78, 5) is 27.7.